The number of furan rings is 1. The van der Waals surface area contributed by atoms with Gasteiger partial charge in [0.1, 0.15) is 11.5 Å². The number of aromatic nitrogens is 1. The first-order chi connectivity index (χ1) is 10.1. The van der Waals surface area contributed by atoms with E-state index in [4.69, 9.17) is 9.52 Å². The Morgan fingerprint density at radius 1 is 1.48 bits per heavy atom. The van der Waals surface area contributed by atoms with E-state index in [2.05, 4.69) is 10.3 Å². The van der Waals surface area contributed by atoms with Crippen molar-refractivity contribution in [3.63, 3.8) is 0 Å². The van der Waals surface area contributed by atoms with E-state index in [-0.39, 0.29) is 16.9 Å². The topological polar surface area (TPSA) is 92.4 Å². The number of carboxylic acids is 1. The highest BCUT2D eigenvalue weighted by molar-refractivity contribution is 8.00. The van der Waals surface area contributed by atoms with Crippen LogP contribution in [0.1, 0.15) is 23.2 Å². The van der Waals surface area contributed by atoms with Gasteiger partial charge in [0, 0.05) is 11.1 Å². The van der Waals surface area contributed by atoms with Crippen LogP contribution in [0.15, 0.2) is 46.0 Å². The number of carboxylic acid groups (broad SMARTS) is 1. The predicted molar refractivity (Wildman–Crippen MR) is 77.1 cm³/mol. The van der Waals surface area contributed by atoms with E-state index in [1.165, 1.54) is 24.0 Å². The first-order valence-electron chi connectivity index (χ1n) is 6.22. The zero-order chi connectivity index (χ0) is 15.2. The number of nitrogens with one attached hydrogen (secondary N) is 1. The highest BCUT2D eigenvalue weighted by Gasteiger charge is 2.15. The van der Waals surface area contributed by atoms with Crippen molar-refractivity contribution < 1.29 is 19.1 Å². The molecule has 0 radical (unpaired) electrons. The van der Waals surface area contributed by atoms with Gasteiger partial charge in [0.2, 0.25) is 5.91 Å². The van der Waals surface area contributed by atoms with Crippen LogP contribution < -0.4 is 5.32 Å². The van der Waals surface area contributed by atoms with Gasteiger partial charge in [-0.25, -0.2) is 9.78 Å². The summed E-state index contributed by atoms with van der Waals surface area (Å²) >= 11 is 1.27. The molecular weight excluding hydrogens is 292 g/mol. The summed E-state index contributed by atoms with van der Waals surface area (Å²) in [5.41, 5.74) is -0.0387. The fourth-order valence-electron chi connectivity index (χ4n) is 1.59. The van der Waals surface area contributed by atoms with E-state index < -0.39 is 5.97 Å². The van der Waals surface area contributed by atoms with Crippen molar-refractivity contribution >= 4 is 23.6 Å². The van der Waals surface area contributed by atoms with E-state index in [1.54, 1.807) is 31.4 Å². The number of carbonyl (C=O) groups is 2. The van der Waals surface area contributed by atoms with Crippen molar-refractivity contribution in [1.29, 1.82) is 0 Å². The summed E-state index contributed by atoms with van der Waals surface area (Å²) in [5.74, 6) is -0.560. The summed E-state index contributed by atoms with van der Waals surface area (Å²) in [6.45, 7) is 2.08. The highest BCUT2D eigenvalue weighted by atomic mass is 32.2. The number of hydrogen-bond donors (Lipinski definition) is 2. The fourth-order valence-corrected chi connectivity index (χ4v) is 2.51. The first kappa shape index (κ1) is 15.1. The Hall–Kier alpha value is -2.28. The second kappa shape index (κ2) is 6.94. The number of aromatic carboxylic acids is 1. The number of pyridine rings is 1. The summed E-state index contributed by atoms with van der Waals surface area (Å²) in [4.78, 5) is 27.2. The van der Waals surface area contributed by atoms with Crippen molar-refractivity contribution in [2.24, 2.45) is 0 Å². The average molecular weight is 306 g/mol. The third-order valence-corrected chi connectivity index (χ3v) is 3.74. The van der Waals surface area contributed by atoms with Crippen LogP contribution in [-0.4, -0.2) is 27.2 Å². The molecule has 21 heavy (non-hydrogen) atoms. The lowest BCUT2D eigenvalue weighted by Crippen LogP contribution is -2.30. The lowest BCUT2D eigenvalue weighted by Gasteiger charge is -2.11. The summed E-state index contributed by atoms with van der Waals surface area (Å²) < 4.78 is 5.13. The second-order valence-corrected chi connectivity index (χ2v) is 5.65. The smallest absolute Gasteiger partial charge is 0.354 e. The molecule has 0 saturated heterocycles. The Labute approximate surface area is 125 Å². The Morgan fingerprint density at radius 2 is 2.29 bits per heavy atom. The zero-order valence-corrected chi connectivity index (χ0v) is 12.1. The van der Waals surface area contributed by atoms with Crippen molar-refractivity contribution in [3.05, 3.63) is 48.2 Å². The molecule has 0 aliphatic rings. The normalized spacial score (nSPS) is 11.9. The molecular formula is C14H14N2O4S. The lowest BCUT2D eigenvalue weighted by atomic mass is 10.3. The van der Waals surface area contributed by atoms with Gasteiger partial charge in [-0.3, -0.25) is 4.79 Å². The molecule has 0 spiro atoms. The molecule has 1 unspecified atom stereocenters. The van der Waals surface area contributed by atoms with Crippen molar-refractivity contribution in [3.8, 4) is 0 Å². The van der Waals surface area contributed by atoms with Crippen LogP contribution in [0.4, 0.5) is 0 Å². The summed E-state index contributed by atoms with van der Waals surface area (Å²) in [7, 11) is 0. The molecule has 7 heteroatoms. The molecule has 6 nitrogen and oxygen atoms in total. The minimum absolute atomic E-state index is 0.0387. The molecule has 2 aromatic heterocycles. The summed E-state index contributed by atoms with van der Waals surface area (Å²) in [6, 6.07) is 6.65. The largest absolute Gasteiger partial charge is 0.477 e. The molecule has 0 bridgehead atoms. The maximum Gasteiger partial charge on any atom is 0.354 e. The Balaban J connectivity index is 1.91. The molecule has 1 amide bonds. The Bertz CT molecular complexity index is 628. The van der Waals surface area contributed by atoms with Gasteiger partial charge in [-0.15, -0.1) is 11.8 Å². The van der Waals surface area contributed by atoms with Crippen molar-refractivity contribution in [1.82, 2.24) is 10.3 Å². The SMILES string of the molecule is CC(Sc1ccnc(C(=O)O)c1)C(=O)NCc1ccco1. The number of rotatable bonds is 6. The Kier molecular flexibility index (Phi) is 4.99. The molecule has 0 aliphatic carbocycles. The second-order valence-electron chi connectivity index (χ2n) is 4.24. The van der Waals surface area contributed by atoms with Crippen LogP contribution in [0.5, 0.6) is 0 Å². The standard InChI is InChI=1S/C14H14N2O4S/c1-9(13(17)16-8-10-3-2-6-20-10)21-11-4-5-15-12(7-11)14(18)19/h2-7,9H,8H2,1H3,(H,16,17)(H,18,19). The maximum atomic E-state index is 12.0. The molecule has 110 valence electrons. The quantitative estimate of drug-likeness (QED) is 0.795. The molecule has 0 aliphatic heterocycles. The molecule has 0 fully saturated rings. The van der Waals surface area contributed by atoms with Gasteiger partial charge >= 0.3 is 5.97 Å². The maximum absolute atomic E-state index is 12.0. The van der Waals surface area contributed by atoms with Crippen LogP contribution in [0.2, 0.25) is 0 Å². The molecule has 2 N–H and O–H groups in total. The number of amides is 1. The van der Waals surface area contributed by atoms with Gasteiger partial charge in [-0.2, -0.15) is 0 Å². The predicted octanol–water partition coefficient (Wildman–Crippen LogP) is 2.17. The van der Waals surface area contributed by atoms with Gasteiger partial charge in [-0.05, 0) is 31.2 Å². The number of nitrogens with zero attached hydrogens (tertiary/aromatic N) is 1. The van der Waals surface area contributed by atoms with Gasteiger partial charge < -0.3 is 14.8 Å². The van der Waals surface area contributed by atoms with Crippen molar-refractivity contribution in [2.45, 2.75) is 23.6 Å². The lowest BCUT2D eigenvalue weighted by molar-refractivity contribution is -0.120. The number of carbonyl (C=O) groups excluding carboxylic acids is 1. The average Bonchev–Trinajstić information content (AvgIpc) is 2.98. The van der Waals surface area contributed by atoms with E-state index in [9.17, 15) is 9.59 Å². The minimum Gasteiger partial charge on any atom is -0.477 e. The van der Waals surface area contributed by atoms with Crippen LogP contribution in [-0.2, 0) is 11.3 Å². The minimum atomic E-state index is -1.09. The number of hydrogen-bond acceptors (Lipinski definition) is 5. The Morgan fingerprint density at radius 3 is 2.95 bits per heavy atom. The van der Waals surface area contributed by atoms with Crippen molar-refractivity contribution in [2.75, 3.05) is 0 Å². The first-order valence-corrected chi connectivity index (χ1v) is 7.10. The molecule has 2 aromatic rings. The third-order valence-electron chi connectivity index (χ3n) is 2.65. The molecule has 1 atom stereocenters. The van der Waals surface area contributed by atoms with Gasteiger partial charge in [0.25, 0.3) is 0 Å². The van der Waals surface area contributed by atoms with E-state index in [1.807, 2.05) is 0 Å². The summed E-state index contributed by atoms with van der Waals surface area (Å²) in [5, 5.41) is 11.3. The highest BCUT2D eigenvalue weighted by Crippen LogP contribution is 2.23. The van der Waals surface area contributed by atoms with E-state index >= 15 is 0 Å². The molecule has 2 heterocycles. The zero-order valence-electron chi connectivity index (χ0n) is 11.3. The molecule has 0 saturated carbocycles. The van der Waals surface area contributed by atoms with Gasteiger partial charge in [0.05, 0.1) is 18.1 Å². The molecule has 0 aromatic carbocycles. The van der Waals surface area contributed by atoms with Crippen LogP contribution in [0.25, 0.3) is 0 Å². The number of thioether (sulfide) groups is 1. The summed E-state index contributed by atoms with van der Waals surface area (Å²) in [6.07, 6.45) is 2.96. The van der Waals surface area contributed by atoms with Gasteiger partial charge in [-0.1, -0.05) is 0 Å². The molecule has 2 rings (SSSR count). The van der Waals surface area contributed by atoms with E-state index in [0.717, 1.165) is 0 Å². The third kappa shape index (κ3) is 4.35. The fraction of sp³-hybridized carbons (Fsp3) is 0.214. The van der Waals surface area contributed by atoms with Crippen LogP contribution in [0.3, 0.4) is 0 Å². The van der Waals surface area contributed by atoms with Crippen LogP contribution in [0, 0.1) is 0 Å². The van der Waals surface area contributed by atoms with Gasteiger partial charge in [0.15, 0.2) is 0 Å². The monoisotopic (exact) mass is 306 g/mol. The van der Waals surface area contributed by atoms with Crippen LogP contribution >= 0.6 is 11.8 Å². The van der Waals surface area contributed by atoms with E-state index in [0.29, 0.717) is 17.2 Å².